The van der Waals surface area contributed by atoms with Gasteiger partial charge in [-0.05, 0) is 19.1 Å². The number of hydrogen-bond donors (Lipinski definition) is 2. The highest BCUT2D eigenvalue weighted by molar-refractivity contribution is 5.26. The largest absolute Gasteiger partial charge is 0.397 e. The Hall–Kier alpha value is -1.18. The van der Waals surface area contributed by atoms with Crippen LogP contribution in [0.15, 0.2) is 36.2 Å². The van der Waals surface area contributed by atoms with E-state index in [1.165, 1.54) is 6.08 Å². The van der Waals surface area contributed by atoms with Crippen LogP contribution in [0.2, 0.25) is 0 Å². The SMILES string of the molecule is C=C/C(N)=C(N)\C=C/C.CC. The summed E-state index contributed by atoms with van der Waals surface area (Å²) in [5.74, 6) is 0. The third-order valence-electron chi connectivity index (χ3n) is 0.899. The highest BCUT2D eigenvalue weighted by atomic mass is 14.7. The summed E-state index contributed by atoms with van der Waals surface area (Å²) in [7, 11) is 0. The second-order valence-electron chi connectivity index (χ2n) is 1.61. The van der Waals surface area contributed by atoms with Gasteiger partial charge in [0.25, 0.3) is 0 Å². The van der Waals surface area contributed by atoms with E-state index in [1.807, 2.05) is 26.8 Å². The van der Waals surface area contributed by atoms with Crippen molar-refractivity contribution in [3.63, 3.8) is 0 Å². The lowest BCUT2D eigenvalue weighted by atomic mass is 10.3. The molecular weight excluding hydrogens is 136 g/mol. The summed E-state index contributed by atoms with van der Waals surface area (Å²) >= 11 is 0. The maximum absolute atomic E-state index is 5.43. The van der Waals surface area contributed by atoms with E-state index in [1.54, 1.807) is 6.08 Å². The molecule has 0 spiro atoms. The lowest BCUT2D eigenvalue weighted by molar-refractivity contribution is 1.28. The lowest BCUT2D eigenvalue weighted by Gasteiger charge is -1.94. The predicted molar refractivity (Wildman–Crippen MR) is 51.8 cm³/mol. The molecule has 0 bridgehead atoms. The average Bonchev–Trinajstić information content (AvgIpc) is 2.07. The molecule has 0 aromatic heterocycles. The van der Waals surface area contributed by atoms with Gasteiger partial charge in [-0.25, -0.2) is 0 Å². The molecule has 0 aromatic rings. The molecule has 0 aliphatic rings. The Kier molecular flexibility index (Phi) is 10.0. The molecular formula is C9H18N2. The van der Waals surface area contributed by atoms with Crippen molar-refractivity contribution in [3.8, 4) is 0 Å². The minimum Gasteiger partial charge on any atom is -0.397 e. The van der Waals surface area contributed by atoms with Crippen molar-refractivity contribution >= 4 is 0 Å². The topological polar surface area (TPSA) is 52.0 Å². The first-order valence-electron chi connectivity index (χ1n) is 3.72. The second kappa shape index (κ2) is 8.82. The molecule has 0 aliphatic heterocycles. The van der Waals surface area contributed by atoms with Gasteiger partial charge in [0.1, 0.15) is 0 Å². The first-order chi connectivity index (χ1) is 5.22. The summed E-state index contributed by atoms with van der Waals surface area (Å²) in [6, 6.07) is 0. The molecule has 4 N–H and O–H groups in total. The van der Waals surface area contributed by atoms with Crippen molar-refractivity contribution in [2.75, 3.05) is 0 Å². The molecule has 0 rings (SSSR count). The van der Waals surface area contributed by atoms with Crippen molar-refractivity contribution in [2.45, 2.75) is 20.8 Å². The minimum absolute atomic E-state index is 0.521. The number of rotatable bonds is 2. The molecule has 0 saturated heterocycles. The van der Waals surface area contributed by atoms with Gasteiger partial charge in [-0.15, -0.1) is 0 Å². The van der Waals surface area contributed by atoms with Crippen molar-refractivity contribution in [1.82, 2.24) is 0 Å². The molecule has 2 nitrogen and oxygen atoms in total. The Balaban J connectivity index is 0. The molecule has 64 valence electrons. The molecule has 0 amide bonds. The van der Waals surface area contributed by atoms with Crippen molar-refractivity contribution in [3.05, 3.63) is 36.2 Å². The second-order valence-corrected chi connectivity index (χ2v) is 1.61. The smallest absolute Gasteiger partial charge is 0.0544 e. The summed E-state index contributed by atoms with van der Waals surface area (Å²) in [5, 5.41) is 0. The van der Waals surface area contributed by atoms with Crippen molar-refractivity contribution in [2.24, 2.45) is 11.5 Å². The van der Waals surface area contributed by atoms with Crippen LogP contribution in [-0.2, 0) is 0 Å². The third-order valence-corrected chi connectivity index (χ3v) is 0.899. The van der Waals surface area contributed by atoms with E-state index in [2.05, 4.69) is 6.58 Å². The van der Waals surface area contributed by atoms with Crippen molar-refractivity contribution < 1.29 is 0 Å². The summed E-state index contributed by atoms with van der Waals surface area (Å²) in [6.45, 7) is 9.35. The van der Waals surface area contributed by atoms with Gasteiger partial charge in [0.15, 0.2) is 0 Å². The van der Waals surface area contributed by atoms with E-state index in [-0.39, 0.29) is 0 Å². The van der Waals surface area contributed by atoms with Crippen LogP contribution >= 0.6 is 0 Å². The predicted octanol–water partition coefficient (Wildman–Crippen LogP) is 1.90. The Morgan fingerprint density at radius 3 is 1.91 bits per heavy atom. The first-order valence-corrected chi connectivity index (χ1v) is 3.72. The standard InChI is InChI=1S/C7H12N2.C2H6/c1-3-5-7(9)6(8)4-2;1-2/h3-5H,2,8-9H2,1H3;1-2H3/b5-3-,7-6-;. The van der Waals surface area contributed by atoms with Gasteiger partial charge < -0.3 is 11.5 Å². The highest BCUT2D eigenvalue weighted by Gasteiger charge is 1.85. The van der Waals surface area contributed by atoms with Gasteiger partial charge >= 0.3 is 0 Å². The number of allylic oxidation sites excluding steroid dienone is 3. The molecule has 0 aliphatic carbocycles. The molecule has 0 atom stereocenters. The van der Waals surface area contributed by atoms with Crippen LogP contribution in [0, 0.1) is 0 Å². The quantitative estimate of drug-likeness (QED) is 0.597. The summed E-state index contributed by atoms with van der Waals surface area (Å²) < 4.78 is 0. The highest BCUT2D eigenvalue weighted by Crippen LogP contribution is 1.92. The van der Waals surface area contributed by atoms with Crippen LogP contribution in [-0.4, -0.2) is 0 Å². The maximum atomic E-state index is 5.43. The van der Waals surface area contributed by atoms with Gasteiger partial charge in [-0.1, -0.05) is 26.5 Å². The van der Waals surface area contributed by atoms with E-state index in [0.717, 1.165) is 0 Å². The summed E-state index contributed by atoms with van der Waals surface area (Å²) in [4.78, 5) is 0. The molecule has 0 heterocycles. The van der Waals surface area contributed by atoms with E-state index in [0.29, 0.717) is 11.4 Å². The van der Waals surface area contributed by atoms with Gasteiger partial charge in [-0.3, -0.25) is 0 Å². The van der Waals surface area contributed by atoms with E-state index >= 15 is 0 Å². The normalized spacial score (nSPS) is 11.5. The van der Waals surface area contributed by atoms with Crippen LogP contribution in [0.3, 0.4) is 0 Å². The van der Waals surface area contributed by atoms with Crippen LogP contribution in [0.25, 0.3) is 0 Å². The molecule has 0 aromatic carbocycles. The van der Waals surface area contributed by atoms with E-state index < -0.39 is 0 Å². The fraction of sp³-hybridized carbons (Fsp3) is 0.333. The Bertz CT molecular complexity index is 155. The molecule has 0 unspecified atom stereocenters. The average molecular weight is 154 g/mol. The third kappa shape index (κ3) is 6.71. The first kappa shape index (κ1) is 12.5. The molecule has 11 heavy (non-hydrogen) atoms. The van der Waals surface area contributed by atoms with Crippen molar-refractivity contribution in [1.29, 1.82) is 0 Å². The molecule has 0 radical (unpaired) electrons. The summed E-state index contributed by atoms with van der Waals surface area (Å²) in [6.07, 6.45) is 5.08. The van der Waals surface area contributed by atoms with Gasteiger partial charge in [0.2, 0.25) is 0 Å². The zero-order valence-electron chi connectivity index (χ0n) is 7.59. The molecule has 0 fully saturated rings. The zero-order chi connectivity index (χ0) is 9.28. The van der Waals surface area contributed by atoms with Crippen LogP contribution < -0.4 is 11.5 Å². The van der Waals surface area contributed by atoms with Crippen LogP contribution in [0.4, 0.5) is 0 Å². The lowest BCUT2D eigenvalue weighted by Crippen LogP contribution is -2.04. The Morgan fingerprint density at radius 2 is 1.64 bits per heavy atom. The van der Waals surface area contributed by atoms with Gasteiger partial charge in [0.05, 0.1) is 11.4 Å². The maximum Gasteiger partial charge on any atom is 0.0544 e. The summed E-state index contributed by atoms with van der Waals surface area (Å²) in [5.41, 5.74) is 11.9. The zero-order valence-corrected chi connectivity index (χ0v) is 7.59. The number of nitrogens with two attached hydrogens (primary N) is 2. The Labute approximate surface area is 69.3 Å². The van der Waals surface area contributed by atoms with Gasteiger partial charge in [0, 0.05) is 0 Å². The number of hydrogen-bond acceptors (Lipinski definition) is 2. The molecule has 0 saturated carbocycles. The fourth-order valence-electron chi connectivity index (χ4n) is 0.394. The fourth-order valence-corrected chi connectivity index (χ4v) is 0.394. The van der Waals surface area contributed by atoms with E-state index in [4.69, 9.17) is 11.5 Å². The van der Waals surface area contributed by atoms with Gasteiger partial charge in [-0.2, -0.15) is 0 Å². The van der Waals surface area contributed by atoms with Crippen LogP contribution in [0.5, 0.6) is 0 Å². The Morgan fingerprint density at radius 1 is 1.18 bits per heavy atom. The molecule has 2 heteroatoms. The van der Waals surface area contributed by atoms with Crippen LogP contribution in [0.1, 0.15) is 20.8 Å². The van der Waals surface area contributed by atoms with E-state index in [9.17, 15) is 0 Å². The minimum atomic E-state index is 0.521. The monoisotopic (exact) mass is 154 g/mol.